The van der Waals surface area contributed by atoms with Gasteiger partial charge in [-0.15, -0.1) is 0 Å². The lowest BCUT2D eigenvalue weighted by molar-refractivity contribution is 0.279. The van der Waals surface area contributed by atoms with E-state index >= 15 is 0 Å². The molecule has 4 aromatic carbocycles. The first-order valence-electron chi connectivity index (χ1n) is 12.4. The van der Waals surface area contributed by atoms with Crippen molar-refractivity contribution in [2.45, 2.75) is 6.61 Å². The molecule has 0 saturated heterocycles. The number of hydrazone groups is 1. The third kappa shape index (κ3) is 7.07. The molecule has 40 heavy (non-hydrogen) atoms. The largest absolute Gasteiger partial charge is 0.493 e. The summed E-state index contributed by atoms with van der Waals surface area (Å²) in [5, 5.41) is 10.6. The van der Waals surface area contributed by atoms with Crippen molar-refractivity contribution in [1.82, 2.24) is 15.0 Å². The molecular weight excluding hydrogens is 509 g/mol. The molecule has 9 nitrogen and oxygen atoms in total. The quantitative estimate of drug-likeness (QED) is 0.129. The van der Waals surface area contributed by atoms with Crippen LogP contribution >= 0.6 is 0 Å². The summed E-state index contributed by atoms with van der Waals surface area (Å²) in [5.74, 6) is 1.58. The SMILES string of the molecule is COc1cc(/C=N\Nc2nc(Nc3ccccc3)nc(Nc3ccccc3)n2)ccc1OCc1ccccc1F. The van der Waals surface area contributed by atoms with Crippen LogP contribution in [-0.2, 0) is 6.61 Å². The van der Waals surface area contributed by atoms with Crippen LogP contribution in [0.5, 0.6) is 11.5 Å². The Hall–Kier alpha value is -5.51. The molecule has 0 saturated carbocycles. The number of halogens is 1. The van der Waals surface area contributed by atoms with E-state index in [0.29, 0.717) is 29.0 Å². The van der Waals surface area contributed by atoms with Crippen LogP contribution in [0, 0.1) is 5.82 Å². The minimum Gasteiger partial charge on any atom is -0.493 e. The fraction of sp³-hybridized carbons (Fsp3) is 0.0667. The molecule has 0 unspecified atom stereocenters. The number of aromatic nitrogens is 3. The minimum absolute atomic E-state index is 0.0795. The van der Waals surface area contributed by atoms with Gasteiger partial charge in [-0.25, -0.2) is 9.82 Å². The second kappa shape index (κ2) is 12.8. The van der Waals surface area contributed by atoms with Gasteiger partial charge in [-0.2, -0.15) is 20.1 Å². The van der Waals surface area contributed by atoms with Crippen LogP contribution in [0.25, 0.3) is 0 Å². The Bertz CT molecular complexity index is 1520. The van der Waals surface area contributed by atoms with Crippen LogP contribution in [0.15, 0.2) is 108 Å². The van der Waals surface area contributed by atoms with Crippen molar-refractivity contribution in [3.8, 4) is 11.5 Å². The maximum absolute atomic E-state index is 13.9. The number of anilines is 5. The molecule has 0 aliphatic rings. The van der Waals surface area contributed by atoms with Crippen molar-refractivity contribution < 1.29 is 13.9 Å². The van der Waals surface area contributed by atoms with Crippen LogP contribution in [0.3, 0.4) is 0 Å². The Labute approximate surface area is 230 Å². The number of para-hydroxylation sites is 2. The minimum atomic E-state index is -0.320. The zero-order valence-corrected chi connectivity index (χ0v) is 21.6. The first-order chi connectivity index (χ1) is 19.7. The Morgan fingerprint density at radius 3 is 1.95 bits per heavy atom. The van der Waals surface area contributed by atoms with Crippen LogP contribution in [0.2, 0.25) is 0 Å². The highest BCUT2D eigenvalue weighted by atomic mass is 19.1. The Morgan fingerprint density at radius 1 is 0.725 bits per heavy atom. The normalized spacial score (nSPS) is 10.8. The lowest BCUT2D eigenvalue weighted by Crippen LogP contribution is -2.07. The van der Waals surface area contributed by atoms with Gasteiger partial charge in [-0.3, -0.25) is 0 Å². The van der Waals surface area contributed by atoms with Crippen molar-refractivity contribution in [3.63, 3.8) is 0 Å². The van der Waals surface area contributed by atoms with Gasteiger partial charge >= 0.3 is 0 Å². The van der Waals surface area contributed by atoms with Crippen molar-refractivity contribution in [3.05, 3.63) is 120 Å². The molecule has 5 aromatic rings. The van der Waals surface area contributed by atoms with E-state index < -0.39 is 0 Å². The zero-order chi connectivity index (χ0) is 27.6. The molecule has 0 radical (unpaired) electrons. The van der Waals surface area contributed by atoms with Crippen LogP contribution in [-0.4, -0.2) is 28.3 Å². The molecule has 0 fully saturated rings. The summed E-state index contributed by atoms with van der Waals surface area (Å²) in [6.45, 7) is 0.0795. The predicted octanol–water partition coefficient (Wildman–Crippen LogP) is 6.53. The summed E-state index contributed by atoms with van der Waals surface area (Å²) in [7, 11) is 1.54. The summed E-state index contributed by atoms with van der Waals surface area (Å²) in [6.07, 6.45) is 1.60. The van der Waals surface area contributed by atoms with Crippen LogP contribution < -0.4 is 25.5 Å². The summed E-state index contributed by atoms with van der Waals surface area (Å²) in [5.41, 5.74) is 5.72. The molecule has 0 amide bonds. The predicted molar refractivity (Wildman–Crippen MR) is 154 cm³/mol. The molecule has 0 aliphatic heterocycles. The molecule has 10 heteroatoms. The van der Waals surface area contributed by atoms with E-state index in [2.05, 4.69) is 36.1 Å². The molecule has 0 bridgehead atoms. The van der Waals surface area contributed by atoms with Gasteiger partial charge in [0, 0.05) is 16.9 Å². The molecule has 5 rings (SSSR count). The summed E-state index contributed by atoms with van der Waals surface area (Å²) in [6, 6.07) is 31.0. The number of benzene rings is 4. The molecule has 1 aromatic heterocycles. The zero-order valence-electron chi connectivity index (χ0n) is 21.6. The number of hydrogen-bond acceptors (Lipinski definition) is 9. The highest BCUT2D eigenvalue weighted by molar-refractivity contribution is 5.81. The standard InChI is InChI=1S/C30H26FN7O2/c1-39-27-18-21(16-17-26(27)40-20-22-10-8-9-15-25(22)31)19-32-38-30-36-28(33-23-11-4-2-5-12-23)35-29(37-30)34-24-13-6-3-7-14-24/h2-19H,20H2,1H3,(H3,33,34,35,36,37,38)/b32-19-. The van der Waals surface area contributed by atoms with Crippen LogP contribution in [0.4, 0.5) is 33.6 Å². The highest BCUT2D eigenvalue weighted by Crippen LogP contribution is 2.28. The molecule has 3 N–H and O–H groups in total. The molecule has 200 valence electrons. The third-order valence-electron chi connectivity index (χ3n) is 5.60. The maximum atomic E-state index is 13.9. The average molecular weight is 536 g/mol. The highest BCUT2D eigenvalue weighted by Gasteiger charge is 2.09. The second-order valence-corrected chi connectivity index (χ2v) is 8.45. The number of methoxy groups -OCH3 is 1. The van der Waals surface area contributed by atoms with Gasteiger partial charge in [0.05, 0.1) is 13.3 Å². The van der Waals surface area contributed by atoms with Crippen LogP contribution in [0.1, 0.15) is 11.1 Å². The van der Waals surface area contributed by atoms with E-state index in [1.165, 1.54) is 13.2 Å². The lowest BCUT2D eigenvalue weighted by Gasteiger charge is -2.12. The second-order valence-electron chi connectivity index (χ2n) is 8.45. The van der Waals surface area contributed by atoms with E-state index in [9.17, 15) is 4.39 Å². The molecule has 0 aliphatic carbocycles. The van der Waals surface area contributed by atoms with Crippen molar-refractivity contribution in [1.29, 1.82) is 0 Å². The van der Waals surface area contributed by atoms with Gasteiger partial charge in [0.25, 0.3) is 0 Å². The average Bonchev–Trinajstić information content (AvgIpc) is 2.98. The van der Waals surface area contributed by atoms with E-state index in [4.69, 9.17) is 9.47 Å². The van der Waals surface area contributed by atoms with E-state index in [-0.39, 0.29) is 18.4 Å². The smallest absolute Gasteiger partial charge is 0.250 e. The first-order valence-corrected chi connectivity index (χ1v) is 12.4. The number of nitrogens with one attached hydrogen (secondary N) is 3. The van der Waals surface area contributed by atoms with E-state index in [1.54, 1.807) is 36.5 Å². The van der Waals surface area contributed by atoms with Crippen molar-refractivity contribution >= 4 is 35.4 Å². The maximum Gasteiger partial charge on any atom is 0.250 e. The van der Waals surface area contributed by atoms with E-state index in [1.807, 2.05) is 66.7 Å². The number of hydrogen-bond donors (Lipinski definition) is 3. The van der Waals surface area contributed by atoms with Gasteiger partial charge in [-0.05, 0) is 54.1 Å². The summed E-state index contributed by atoms with van der Waals surface area (Å²) < 4.78 is 25.2. The topological polar surface area (TPSA) is 106 Å². The number of nitrogens with zero attached hydrogens (tertiary/aromatic N) is 4. The Balaban J connectivity index is 1.30. The van der Waals surface area contributed by atoms with Gasteiger partial charge in [0.1, 0.15) is 12.4 Å². The third-order valence-corrected chi connectivity index (χ3v) is 5.60. The van der Waals surface area contributed by atoms with Gasteiger partial charge < -0.3 is 20.1 Å². The molecule has 0 atom stereocenters. The fourth-order valence-electron chi connectivity index (χ4n) is 3.66. The molecule has 0 spiro atoms. The Kier molecular flexibility index (Phi) is 8.38. The number of ether oxygens (including phenoxy) is 2. The lowest BCUT2D eigenvalue weighted by atomic mass is 10.2. The van der Waals surface area contributed by atoms with Gasteiger partial charge in [-0.1, -0.05) is 54.6 Å². The summed E-state index contributed by atoms with van der Waals surface area (Å²) >= 11 is 0. The number of rotatable bonds is 11. The molecular formula is C30H26FN7O2. The van der Waals surface area contributed by atoms with Gasteiger partial charge in [0.2, 0.25) is 17.8 Å². The fourth-order valence-corrected chi connectivity index (χ4v) is 3.66. The van der Waals surface area contributed by atoms with Crippen molar-refractivity contribution in [2.75, 3.05) is 23.2 Å². The van der Waals surface area contributed by atoms with Crippen molar-refractivity contribution in [2.24, 2.45) is 5.10 Å². The van der Waals surface area contributed by atoms with E-state index in [0.717, 1.165) is 16.9 Å². The molecule has 1 heterocycles. The van der Waals surface area contributed by atoms with Gasteiger partial charge in [0.15, 0.2) is 11.5 Å². The monoisotopic (exact) mass is 535 g/mol. The summed E-state index contributed by atoms with van der Waals surface area (Å²) in [4.78, 5) is 13.3. The Morgan fingerprint density at radius 2 is 1.32 bits per heavy atom. The first kappa shape index (κ1) is 26.1.